The zero-order valence-corrected chi connectivity index (χ0v) is 14.1. The first-order chi connectivity index (χ1) is 9.30. The van der Waals surface area contributed by atoms with Gasteiger partial charge in [0.1, 0.15) is 0 Å². The monoisotopic (exact) mass is 297 g/mol. The third kappa shape index (κ3) is 7.10. The highest BCUT2D eigenvalue weighted by atomic mass is 32.2. The van der Waals surface area contributed by atoms with Gasteiger partial charge in [0.15, 0.2) is 5.16 Å². The number of aromatic amines is 1. The normalized spacial score (nSPS) is 13.4. The Bertz CT molecular complexity index is 465. The molecule has 114 valence electrons. The Kier molecular flexibility index (Phi) is 6.76. The molecule has 0 aliphatic rings. The van der Waals surface area contributed by atoms with Gasteiger partial charge in [-0.3, -0.25) is 4.79 Å². The molecule has 0 aliphatic carbocycles. The Balaban J connectivity index is 2.50. The lowest BCUT2D eigenvalue weighted by Crippen LogP contribution is -2.39. The van der Waals surface area contributed by atoms with Crippen molar-refractivity contribution in [2.75, 3.05) is 12.3 Å². The second-order valence-corrected chi connectivity index (χ2v) is 7.35. The smallest absolute Gasteiger partial charge is 0.251 e. The molecule has 0 aliphatic heterocycles. The Morgan fingerprint density at radius 2 is 2.15 bits per heavy atom. The van der Waals surface area contributed by atoms with Crippen molar-refractivity contribution in [2.24, 2.45) is 5.92 Å². The molecule has 0 amide bonds. The lowest BCUT2D eigenvalue weighted by Gasteiger charge is -2.23. The van der Waals surface area contributed by atoms with Gasteiger partial charge in [0.25, 0.3) is 5.56 Å². The predicted octanol–water partition coefficient (Wildman–Crippen LogP) is 2.84. The van der Waals surface area contributed by atoms with Crippen molar-refractivity contribution in [3.05, 3.63) is 22.1 Å². The maximum absolute atomic E-state index is 11.6. The highest BCUT2D eigenvalue weighted by Crippen LogP contribution is 2.16. The maximum atomic E-state index is 11.6. The largest absolute Gasteiger partial charge is 0.312 e. The second-order valence-electron chi connectivity index (χ2n) is 6.34. The molecule has 0 saturated heterocycles. The summed E-state index contributed by atoms with van der Waals surface area (Å²) in [5.74, 6) is 1.47. The van der Waals surface area contributed by atoms with Gasteiger partial charge < -0.3 is 10.3 Å². The Morgan fingerprint density at radius 1 is 1.45 bits per heavy atom. The first-order valence-corrected chi connectivity index (χ1v) is 8.27. The zero-order valence-electron chi connectivity index (χ0n) is 13.2. The second kappa shape index (κ2) is 7.84. The van der Waals surface area contributed by atoms with Gasteiger partial charge in [-0.15, -0.1) is 0 Å². The van der Waals surface area contributed by atoms with Gasteiger partial charge >= 0.3 is 0 Å². The van der Waals surface area contributed by atoms with E-state index in [9.17, 15) is 4.79 Å². The van der Waals surface area contributed by atoms with Crippen LogP contribution in [0.4, 0.5) is 0 Å². The van der Waals surface area contributed by atoms with Crippen molar-refractivity contribution in [1.29, 1.82) is 0 Å². The molecule has 0 saturated carbocycles. The minimum Gasteiger partial charge on any atom is -0.312 e. The number of nitrogens with zero attached hydrogens (tertiary/aromatic N) is 1. The predicted molar refractivity (Wildman–Crippen MR) is 86.5 cm³/mol. The molecule has 1 aromatic heterocycles. The van der Waals surface area contributed by atoms with Crippen molar-refractivity contribution in [3.63, 3.8) is 0 Å². The molecule has 1 rings (SSSR count). The van der Waals surface area contributed by atoms with Crippen molar-refractivity contribution in [1.82, 2.24) is 15.3 Å². The average molecular weight is 297 g/mol. The molecular weight excluding hydrogens is 270 g/mol. The number of aromatic nitrogens is 2. The van der Waals surface area contributed by atoms with Crippen LogP contribution in [0, 0.1) is 5.92 Å². The number of nitrogens with one attached hydrogen (secondary N) is 2. The van der Waals surface area contributed by atoms with Crippen LogP contribution in [0.1, 0.15) is 46.7 Å². The van der Waals surface area contributed by atoms with Crippen molar-refractivity contribution >= 4 is 11.8 Å². The number of rotatable bonds is 7. The van der Waals surface area contributed by atoms with Gasteiger partial charge in [0.2, 0.25) is 0 Å². The highest BCUT2D eigenvalue weighted by Gasteiger charge is 2.12. The molecule has 0 radical (unpaired) electrons. The van der Waals surface area contributed by atoms with Gasteiger partial charge in [-0.05, 0) is 39.7 Å². The molecule has 5 heteroatoms. The first kappa shape index (κ1) is 17.2. The van der Waals surface area contributed by atoms with Crippen LogP contribution in [0.2, 0.25) is 0 Å². The van der Waals surface area contributed by atoms with Gasteiger partial charge in [0, 0.05) is 23.1 Å². The summed E-state index contributed by atoms with van der Waals surface area (Å²) in [5.41, 5.74) is 0.984. The minimum absolute atomic E-state index is 0.0496. The Morgan fingerprint density at radius 3 is 2.75 bits per heavy atom. The molecular formula is C15H27N3OS. The highest BCUT2D eigenvalue weighted by molar-refractivity contribution is 7.99. The average Bonchev–Trinajstić information content (AvgIpc) is 2.33. The topological polar surface area (TPSA) is 57.8 Å². The van der Waals surface area contributed by atoms with Crippen LogP contribution in [0.15, 0.2) is 16.0 Å². The van der Waals surface area contributed by atoms with Crippen LogP contribution in [-0.4, -0.2) is 27.8 Å². The SMILES string of the molecule is CCCc1cc(=O)[nH]c(SCC(C)CNC(C)(C)C)n1. The van der Waals surface area contributed by atoms with E-state index in [0.29, 0.717) is 5.92 Å². The third-order valence-corrected chi connectivity index (χ3v) is 3.97. The van der Waals surface area contributed by atoms with E-state index in [1.807, 2.05) is 0 Å². The molecule has 4 nitrogen and oxygen atoms in total. The van der Waals surface area contributed by atoms with Gasteiger partial charge in [0.05, 0.1) is 0 Å². The van der Waals surface area contributed by atoms with Crippen LogP contribution >= 0.6 is 11.8 Å². The van der Waals surface area contributed by atoms with E-state index < -0.39 is 0 Å². The molecule has 0 fully saturated rings. The molecule has 0 bridgehead atoms. The van der Waals surface area contributed by atoms with Crippen LogP contribution in [0.25, 0.3) is 0 Å². The van der Waals surface area contributed by atoms with E-state index in [0.717, 1.165) is 36.0 Å². The molecule has 2 N–H and O–H groups in total. The fraction of sp³-hybridized carbons (Fsp3) is 0.733. The summed E-state index contributed by atoms with van der Waals surface area (Å²) in [6.07, 6.45) is 1.87. The van der Waals surface area contributed by atoms with Gasteiger partial charge in [-0.25, -0.2) is 4.98 Å². The van der Waals surface area contributed by atoms with E-state index in [4.69, 9.17) is 0 Å². The van der Waals surface area contributed by atoms with E-state index in [2.05, 4.69) is 49.9 Å². The number of aryl methyl sites for hydroxylation is 1. The molecule has 1 aromatic rings. The summed E-state index contributed by atoms with van der Waals surface area (Å²) in [4.78, 5) is 18.9. The van der Waals surface area contributed by atoms with E-state index in [-0.39, 0.29) is 11.1 Å². The molecule has 1 heterocycles. The van der Waals surface area contributed by atoms with Crippen molar-refractivity contribution < 1.29 is 0 Å². The number of hydrogen-bond acceptors (Lipinski definition) is 4. The quantitative estimate of drug-likeness (QED) is 0.600. The molecule has 20 heavy (non-hydrogen) atoms. The summed E-state index contributed by atoms with van der Waals surface area (Å²) in [6, 6.07) is 1.60. The van der Waals surface area contributed by atoms with E-state index >= 15 is 0 Å². The summed E-state index contributed by atoms with van der Waals surface area (Å²) < 4.78 is 0. The fourth-order valence-electron chi connectivity index (χ4n) is 1.70. The summed E-state index contributed by atoms with van der Waals surface area (Å²) in [5, 5.41) is 4.23. The minimum atomic E-state index is -0.0496. The molecule has 0 aromatic carbocycles. The molecule has 0 spiro atoms. The number of H-pyrrole nitrogens is 1. The molecule has 1 atom stereocenters. The molecule has 1 unspecified atom stereocenters. The number of hydrogen-bond donors (Lipinski definition) is 2. The summed E-state index contributed by atoms with van der Waals surface area (Å²) in [6.45, 7) is 11.8. The summed E-state index contributed by atoms with van der Waals surface area (Å²) >= 11 is 1.63. The van der Waals surface area contributed by atoms with E-state index in [1.165, 1.54) is 0 Å². The Hall–Kier alpha value is -0.810. The van der Waals surface area contributed by atoms with Gasteiger partial charge in [-0.2, -0.15) is 0 Å². The van der Waals surface area contributed by atoms with Crippen LogP contribution in [-0.2, 0) is 6.42 Å². The van der Waals surface area contributed by atoms with Crippen molar-refractivity contribution in [3.8, 4) is 0 Å². The summed E-state index contributed by atoms with van der Waals surface area (Å²) in [7, 11) is 0. The van der Waals surface area contributed by atoms with Gasteiger partial charge in [-0.1, -0.05) is 32.0 Å². The third-order valence-electron chi connectivity index (χ3n) is 2.76. The lowest BCUT2D eigenvalue weighted by molar-refractivity contribution is 0.395. The van der Waals surface area contributed by atoms with Crippen molar-refractivity contribution in [2.45, 2.75) is 58.2 Å². The fourth-order valence-corrected chi connectivity index (χ4v) is 2.61. The Labute approximate surface area is 126 Å². The van der Waals surface area contributed by atoms with Crippen LogP contribution in [0.3, 0.4) is 0 Å². The standard InChI is InChI=1S/C15H27N3OS/c1-6-7-12-8-13(19)18-14(17-12)20-10-11(2)9-16-15(3,4)5/h8,11,16H,6-7,9-10H2,1-5H3,(H,17,18,19). The lowest BCUT2D eigenvalue weighted by atomic mass is 10.1. The van der Waals surface area contributed by atoms with E-state index in [1.54, 1.807) is 17.8 Å². The van der Waals surface area contributed by atoms with Crippen LogP contribution < -0.4 is 10.9 Å². The van der Waals surface area contributed by atoms with Crippen LogP contribution in [0.5, 0.6) is 0 Å². The first-order valence-electron chi connectivity index (χ1n) is 7.28. The number of thioether (sulfide) groups is 1. The zero-order chi connectivity index (χ0) is 15.2. The maximum Gasteiger partial charge on any atom is 0.251 e.